The second-order valence-electron chi connectivity index (χ2n) is 6.75. The van der Waals surface area contributed by atoms with E-state index in [0.717, 1.165) is 32.8 Å². The molecule has 1 saturated heterocycles. The average molecular weight is 375 g/mol. The largest absolute Gasteiger partial charge is 0.465 e. The van der Waals surface area contributed by atoms with Crippen LogP contribution in [0.5, 0.6) is 0 Å². The van der Waals surface area contributed by atoms with Gasteiger partial charge >= 0.3 is 5.97 Å². The Morgan fingerprint density at radius 2 is 1.78 bits per heavy atom. The van der Waals surface area contributed by atoms with Crippen LogP contribution in [-0.4, -0.2) is 69.2 Å². The molecule has 2 unspecified atom stereocenters. The van der Waals surface area contributed by atoms with Crippen molar-refractivity contribution >= 4 is 23.5 Å². The number of anilines is 1. The molecule has 146 valence electrons. The van der Waals surface area contributed by atoms with Crippen LogP contribution in [-0.2, 0) is 19.1 Å². The summed E-state index contributed by atoms with van der Waals surface area (Å²) >= 11 is 0. The maximum atomic E-state index is 12.3. The molecule has 8 heteroatoms. The van der Waals surface area contributed by atoms with Gasteiger partial charge in [0.25, 0.3) is 0 Å². The van der Waals surface area contributed by atoms with Crippen LogP contribution in [0.4, 0.5) is 5.69 Å². The Bertz CT molecular complexity index is 685. The van der Waals surface area contributed by atoms with Gasteiger partial charge in [0.2, 0.25) is 11.8 Å². The molecule has 1 aliphatic carbocycles. The molecule has 0 aromatic heterocycles. The smallest absolute Gasteiger partial charge is 0.337 e. The number of benzene rings is 1. The Hall–Kier alpha value is -2.45. The van der Waals surface area contributed by atoms with Crippen molar-refractivity contribution in [2.75, 3.05) is 51.8 Å². The van der Waals surface area contributed by atoms with Gasteiger partial charge in [-0.05, 0) is 30.7 Å². The first-order valence-electron chi connectivity index (χ1n) is 9.15. The van der Waals surface area contributed by atoms with Crippen molar-refractivity contribution < 1.29 is 23.9 Å². The quantitative estimate of drug-likeness (QED) is 0.674. The summed E-state index contributed by atoms with van der Waals surface area (Å²) in [5, 5.41) is 5.70. The Morgan fingerprint density at radius 1 is 1.11 bits per heavy atom. The van der Waals surface area contributed by atoms with E-state index in [1.807, 2.05) is 0 Å². The first-order valence-corrected chi connectivity index (χ1v) is 9.15. The van der Waals surface area contributed by atoms with Crippen molar-refractivity contribution in [3.63, 3.8) is 0 Å². The highest BCUT2D eigenvalue weighted by molar-refractivity contribution is 5.99. The van der Waals surface area contributed by atoms with E-state index in [1.165, 1.54) is 7.11 Å². The van der Waals surface area contributed by atoms with Crippen molar-refractivity contribution in [1.29, 1.82) is 0 Å². The van der Waals surface area contributed by atoms with Gasteiger partial charge in [0.05, 0.1) is 37.7 Å². The van der Waals surface area contributed by atoms with Gasteiger partial charge in [0.15, 0.2) is 0 Å². The van der Waals surface area contributed by atoms with Gasteiger partial charge in [-0.15, -0.1) is 0 Å². The van der Waals surface area contributed by atoms with Crippen LogP contribution >= 0.6 is 0 Å². The van der Waals surface area contributed by atoms with Crippen molar-refractivity contribution in [2.24, 2.45) is 11.8 Å². The molecule has 2 fully saturated rings. The molecule has 2 amide bonds. The van der Waals surface area contributed by atoms with Gasteiger partial charge in [-0.3, -0.25) is 14.5 Å². The summed E-state index contributed by atoms with van der Waals surface area (Å²) in [6.07, 6.45) is 0.565. The van der Waals surface area contributed by atoms with Gasteiger partial charge in [0.1, 0.15) is 0 Å². The fraction of sp³-hybridized carbons (Fsp3) is 0.526. The monoisotopic (exact) mass is 375 g/mol. The summed E-state index contributed by atoms with van der Waals surface area (Å²) < 4.78 is 9.93. The molecule has 0 radical (unpaired) electrons. The molecular weight excluding hydrogens is 350 g/mol. The van der Waals surface area contributed by atoms with Gasteiger partial charge in [-0.2, -0.15) is 0 Å². The number of nitrogens with one attached hydrogen (secondary N) is 2. The van der Waals surface area contributed by atoms with Crippen molar-refractivity contribution in [1.82, 2.24) is 10.2 Å². The van der Waals surface area contributed by atoms with Crippen molar-refractivity contribution in [2.45, 2.75) is 6.42 Å². The minimum atomic E-state index is -0.427. The van der Waals surface area contributed by atoms with Crippen molar-refractivity contribution in [3.05, 3.63) is 29.8 Å². The standard InChI is InChI=1S/C19H25N3O5/c1-26-19(25)13-2-4-14(5-3-13)21-18(24)16-12-15(16)17(23)20-6-7-22-8-10-27-11-9-22/h2-5,15-16H,6-12H2,1H3,(H,20,23)(H,21,24). The molecule has 1 heterocycles. The molecule has 2 atom stereocenters. The molecular formula is C19H25N3O5. The molecule has 2 N–H and O–H groups in total. The van der Waals surface area contributed by atoms with E-state index in [1.54, 1.807) is 24.3 Å². The van der Waals surface area contributed by atoms with E-state index in [0.29, 0.717) is 24.2 Å². The fourth-order valence-electron chi connectivity index (χ4n) is 3.11. The molecule has 2 aliphatic rings. The van der Waals surface area contributed by atoms with E-state index in [4.69, 9.17) is 4.74 Å². The van der Waals surface area contributed by atoms with Gasteiger partial charge < -0.3 is 20.1 Å². The Kier molecular flexibility index (Phi) is 6.41. The second-order valence-corrected chi connectivity index (χ2v) is 6.75. The zero-order valence-electron chi connectivity index (χ0n) is 15.4. The number of hydrogen-bond donors (Lipinski definition) is 2. The molecule has 0 bridgehead atoms. The highest BCUT2D eigenvalue weighted by Gasteiger charge is 2.47. The van der Waals surface area contributed by atoms with E-state index >= 15 is 0 Å². The maximum Gasteiger partial charge on any atom is 0.337 e. The SMILES string of the molecule is COC(=O)c1ccc(NC(=O)C2CC2C(=O)NCCN2CCOCC2)cc1. The van der Waals surface area contributed by atoms with Crippen LogP contribution in [0.3, 0.4) is 0 Å². The summed E-state index contributed by atoms with van der Waals surface area (Å²) in [4.78, 5) is 38.1. The highest BCUT2D eigenvalue weighted by atomic mass is 16.5. The minimum Gasteiger partial charge on any atom is -0.465 e. The molecule has 1 aromatic carbocycles. The molecule has 8 nitrogen and oxygen atoms in total. The van der Waals surface area contributed by atoms with E-state index < -0.39 is 5.97 Å². The lowest BCUT2D eigenvalue weighted by Crippen LogP contribution is -2.41. The van der Waals surface area contributed by atoms with Crippen LogP contribution in [0.1, 0.15) is 16.8 Å². The summed E-state index contributed by atoms with van der Waals surface area (Å²) in [7, 11) is 1.32. The van der Waals surface area contributed by atoms with Gasteiger partial charge in [-0.1, -0.05) is 0 Å². The number of esters is 1. The predicted molar refractivity (Wildman–Crippen MR) is 98.3 cm³/mol. The third-order valence-corrected chi connectivity index (χ3v) is 4.87. The van der Waals surface area contributed by atoms with Crippen LogP contribution in [0.25, 0.3) is 0 Å². The molecule has 27 heavy (non-hydrogen) atoms. The summed E-state index contributed by atoms with van der Waals surface area (Å²) in [6, 6.07) is 6.46. The first kappa shape index (κ1) is 19.3. The predicted octanol–water partition coefficient (Wildman–Crippen LogP) is 0.496. The number of carbonyl (C=O) groups excluding carboxylic acids is 3. The fourth-order valence-corrected chi connectivity index (χ4v) is 3.11. The lowest BCUT2D eigenvalue weighted by molar-refractivity contribution is -0.125. The number of carbonyl (C=O) groups is 3. The van der Waals surface area contributed by atoms with Crippen molar-refractivity contribution in [3.8, 4) is 0 Å². The number of amides is 2. The first-order chi connectivity index (χ1) is 13.1. The molecule has 1 saturated carbocycles. The van der Waals surface area contributed by atoms with Gasteiger partial charge in [0, 0.05) is 31.9 Å². The molecule has 0 spiro atoms. The second kappa shape index (κ2) is 8.96. The number of morpholine rings is 1. The lowest BCUT2D eigenvalue weighted by Gasteiger charge is -2.26. The van der Waals surface area contributed by atoms with Crippen LogP contribution < -0.4 is 10.6 Å². The normalized spacial score (nSPS) is 22.0. The van der Waals surface area contributed by atoms with E-state index in [9.17, 15) is 14.4 Å². The summed E-state index contributed by atoms with van der Waals surface area (Å²) in [5.74, 6) is -1.22. The number of nitrogens with zero attached hydrogens (tertiary/aromatic N) is 1. The van der Waals surface area contributed by atoms with E-state index in [-0.39, 0.29) is 23.7 Å². The third-order valence-electron chi connectivity index (χ3n) is 4.87. The number of rotatable bonds is 7. The lowest BCUT2D eigenvalue weighted by atomic mass is 10.2. The number of hydrogen-bond acceptors (Lipinski definition) is 6. The zero-order chi connectivity index (χ0) is 19.2. The Morgan fingerprint density at radius 3 is 2.44 bits per heavy atom. The third kappa shape index (κ3) is 5.27. The number of ether oxygens (including phenoxy) is 2. The topological polar surface area (TPSA) is 97.0 Å². The molecule has 1 aliphatic heterocycles. The Balaban J connectivity index is 1.39. The maximum absolute atomic E-state index is 12.3. The zero-order valence-corrected chi connectivity index (χ0v) is 15.4. The molecule has 1 aromatic rings. The van der Waals surface area contributed by atoms with Crippen LogP contribution in [0.15, 0.2) is 24.3 Å². The average Bonchev–Trinajstić information content (AvgIpc) is 3.50. The number of methoxy groups -OCH3 is 1. The van der Waals surface area contributed by atoms with E-state index in [2.05, 4.69) is 20.3 Å². The molecule has 3 rings (SSSR count). The summed E-state index contributed by atoms with van der Waals surface area (Å²) in [5.41, 5.74) is 1.01. The highest BCUT2D eigenvalue weighted by Crippen LogP contribution is 2.39. The van der Waals surface area contributed by atoms with Crippen LogP contribution in [0, 0.1) is 11.8 Å². The van der Waals surface area contributed by atoms with Crippen LogP contribution in [0.2, 0.25) is 0 Å². The Labute approximate surface area is 158 Å². The van der Waals surface area contributed by atoms with Gasteiger partial charge in [-0.25, -0.2) is 4.79 Å². The minimum absolute atomic E-state index is 0.0653. The summed E-state index contributed by atoms with van der Waals surface area (Å²) in [6.45, 7) is 4.63.